The molecule has 0 unspecified atom stereocenters. The van der Waals surface area contributed by atoms with Gasteiger partial charge in [0.2, 0.25) is 0 Å². The Hall–Kier alpha value is -2.95. The van der Waals surface area contributed by atoms with E-state index in [9.17, 15) is 14.4 Å². The van der Waals surface area contributed by atoms with Crippen LogP contribution in [0.5, 0.6) is 5.75 Å². The van der Waals surface area contributed by atoms with Gasteiger partial charge in [-0.1, -0.05) is 29.8 Å². The fourth-order valence-corrected chi connectivity index (χ4v) is 2.18. The third-order valence-electron chi connectivity index (χ3n) is 3.71. The maximum Gasteiger partial charge on any atom is 0.306 e. The summed E-state index contributed by atoms with van der Waals surface area (Å²) in [6.45, 7) is 1.60. The van der Waals surface area contributed by atoms with Crippen LogP contribution in [0.2, 0.25) is 0 Å². The average molecular weight is 340 g/mol. The van der Waals surface area contributed by atoms with E-state index in [1.54, 1.807) is 43.5 Å². The first-order chi connectivity index (χ1) is 12.0. The molecular weight excluding hydrogens is 320 g/mol. The monoisotopic (exact) mass is 340 g/mol. The third kappa shape index (κ3) is 5.57. The molecule has 0 aliphatic rings. The summed E-state index contributed by atoms with van der Waals surface area (Å²) < 4.78 is 9.98. The van der Waals surface area contributed by atoms with Crippen LogP contribution in [0, 0.1) is 6.92 Å². The van der Waals surface area contributed by atoms with Crippen LogP contribution < -0.4 is 4.74 Å². The molecule has 0 amide bonds. The van der Waals surface area contributed by atoms with Crippen LogP contribution in [0.1, 0.15) is 39.1 Å². The van der Waals surface area contributed by atoms with Crippen molar-refractivity contribution in [1.82, 2.24) is 0 Å². The molecule has 5 heteroatoms. The quantitative estimate of drug-likeness (QED) is 0.544. The van der Waals surface area contributed by atoms with E-state index in [1.165, 1.54) is 0 Å². The highest BCUT2D eigenvalue weighted by molar-refractivity contribution is 5.99. The highest BCUT2D eigenvalue weighted by Crippen LogP contribution is 2.13. The van der Waals surface area contributed by atoms with Gasteiger partial charge in [0.1, 0.15) is 5.75 Å². The smallest absolute Gasteiger partial charge is 0.306 e. The number of esters is 1. The Morgan fingerprint density at radius 1 is 0.800 bits per heavy atom. The molecule has 0 spiro atoms. The minimum absolute atomic E-state index is 0.0316. The van der Waals surface area contributed by atoms with Crippen molar-refractivity contribution in [2.45, 2.75) is 19.8 Å². The summed E-state index contributed by atoms with van der Waals surface area (Å²) in [5, 5.41) is 0. The zero-order valence-corrected chi connectivity index (χ0v) is 14.3. The second-order valence-corrected chi connectivity index (χ2v) is 5.60. The summed E-state index contributed by atoms with van der Waals surface area (Å²) in [5.41, 5.74) is 2.04. The molecule has 5 nitrogen and oxygen atoms in total. The van der Waals surface area contributed by atoms with Crippen molar-refractivity contribution in [3.05, 3.63) is 65.2 Å². The third-order valence-corrected chi connectivity index (χ3v) is 3.71. The normalized spacial score (nSPS) is 10.2. The first-order valence-corrected chi connectivity index (χ1v) is 7.92. The molecule has 2 aromatic rings. The Labute approximate surface area is 146 Å². The van der Waals surface area contributed by atoms with Crippen molar-refractivity contribution in [2.24, 2.45) is 0 Å². The fraction of sp³-hybridized carbons (Fsp3) is 0.250. The summed E-state index contributed by atoms with van der Waals surface area (Å²) in [4.78, 5) is 35.7. The summed E-state index contributed by atoms with van der Waals surface area (Å²) in [7, 11) is 1.55. The molecular formula is C20H20O5. The van der Waals surface area contributed by atoms with Gasteiger partial charge in [-0.05, 0) is 31.2 Å². The van der Waals surface area contributed by atoms with E-state index >= 15 is 0 Å². The lowest BCUT2D eigenvalue weighted by Gasteiger charge is -2.05. The zero-order valence-electron chi connectivity index (χ0n) is 14.3. The predicted molar refractivity (Wildman–Crippen MR) is 93.0 cm³/mol. The second-order valence-electron chi connectivity index (χ2n) is 5.60. The molecule has 0 heterocycles. The van der Waals surface area contributed by atoms with Gasteiger partial charge in [0.05, 0.1) is 13.5 Å². The SMILES string of the molecule is COc1ccc(C(=O)CCC(=O)OCC(=O)c2ccc(C)cc2)cc1. The molecule has 0 aliphatic carbocycles. The molecule has 0 aromatic heterocycles. The van der Waals surface area contributed by atoms with Crippen LogP contribution in [0.15, 0.2) is 48.5 Å². The van der Waals surface area contributed by atoms with Gasteiger partial charge in [0.25, 0.3) is 0 Å². The number of carbonyl (C=O) groups is 3. The zero-order chi connectivity index (χ0) is 18.2. The van der Waals surface area contributed by atoms with E-state index in [2.05, 4.69) is 0 Å². The van der Waals surface area contributed by atoms with Crippen LogP contribution in [0.4, 0.5) is 0 Å². The van der Waals surface area contributed by atoms with Crippen LogP contribution in [-0.2, 0) is 9.53 Å². The molecule has 0 N–H and O–H groups in total. The van der Waals surface area contributed by atoms with Gasteiger partial charge in [-0.3, -0.25) is 14.4 Å². The summed E-state index contributed by atoms with van der Waals surface area (Å²) in [6.07, 6.45) is -0.0318. The van der Waals surface area contributed by atoms with Gasteiger partial charge < -0.3 is 9.47 Å². The topological polar surface area (TPSA) is 69.7 Å². The first kappa shape index (κ1) is 18.4. The number of methoxy groups -OCH3 is 1. The van der Waals surface area contributed by atoms with Crippen molar-refractivity contribution >= 4 is 17.5 Å². The maximum atomic E-state index is 12.0. The Balaban J connectivity index is 1.77. The van der Waals surface area contributed by atoms with E-state index in [0.717, 1.165) is 5.56 Å². The molecule has 2 aromatic carbocycles. The van der Waals surface area contributed by atoms with Gasteiger partial charge in [-0.25, -0.2) is 0 Å². The average Bonchev–Trinajstić information content (AvgIpc) is 2.64. The lowest BCUT2D eigenvalue weighted by atomic mass is 10.1. The number of aryl methyl sites for hydroxylation is 1. The Morgan fingerprint density at radius 3 is 1.96 bits per heavy atom. The van der Waals surface area contributed by atoms with Crippen molar-refractivity contribution < 1.29 is 23.9 Å². The Kier molecular flexibility index (Phi) is 6.46. The lowest BCUT2D eigenvalue weighted by Crippen LogP contribution is -2.15. The molecule has 0 saturated carbocycles. The van der Waals surface area contributed by atoms with Crippen molar-refractivity contribution in [2.75, 3.05) is 13.7 Å². The molecule has 25 heavy (non-hydrogen) atoms. The fourth-order valence-electron chi connectivity index (χ4n) is 2.18. The van der Waals surface area contributed by atoms with Gasteiger partial charge in [0.15, 0.2) is 18.2 Å². The number of hydrogen-bond donors (Lipinski definition) is 0. The van der Waals surface area contributed by atoms with Gasteiger partial charge in [-0.15, -0.1) is 0 Å². The van der Waals surface area contributed by atoms with Gasteiger partial charge in [0, 0.05) is 17.5 Å². The maximum absolute atomic E-state index is 12.0. The first-order valence-electron chi connectivity index (χ1n) is 7.92. The van der Waals surface area contributed by atoms with Gasteiger partial charge in [-0.2, -0.15) is 0 Å². The number of rotatable bonds is 8. The van der Waals surface area contributed by atoms with E-state index in [0.29, 0.717) is 16.9 Å². The van der Waals surface area contributed by atoms with Crippen LogP contribution >= 0.6 is 0 Å². The number of benzene rings is 2. The van der Waals surface area contributed by atoms with E-state index < -0.39 is 5.97 Å². The molecule has 0 bridgehead atoms. The molecule has 0 aliphatic heterocycles. The van der Waals surface area contributed by atoms with E-state index in [1.807, 2.05) is 19.1 Å². The second kappa shape index (κ2) is 8.78. The van der Waals surface area contributed by atoms with E-state index in [-0.39, 0.29) is 31.0 Å². The number of ketones is 2. The standard InChI is InChI=1S/C20H20O5/c1-14-3-5-16(6-4-14)19(22)13-25-20(23)12-11-18(21)15-7-9-17(24-2)10-8-15/h3-10H,11-13H2,1-2H3. The lowest BCUT2D eigenvalue weighted by molar-refractivity contribution is -0.142. The van der Waals surface area contributed by atoms with E-state index in [4.69, 9.17) is 9.47 Å². The highest BCUT2D eigenvalue weighted by atomic mass is 16.5. The molecule has 130 valence electrons. The van der Waals surface area contributed by atoms with Crippen molar-refractivity contribution in [3.8, 4) is 5.75 Å². The number of ether oxygens (including phenoxy) is 2. The van der Waals surface area contributed by atoms with Crippen LogP contribution in [-0.4, -0.2) is 31.3 Å². The van der Waals surface area contributed by atoms with Crippen molar-refractivity contribution in [3.63, 3.8) is 0 Å². The van der Waals surface area contributed by atoms with Crippen molar-refractivity contribution in [1.29, 1.82) is 0 Å². The Morgan fingerprint density at radius 2 is 1.36 bits per heavy atom. The summed E-state index contributed by atoms with van der Waals surface area (Å²) in [6, 6.07) is 13.7. The molecule has 0 fully saturated rings. The minimum atomic E-state index is -0.567. The predicted octanol–water partition coefficient (Wildman–Crippen LogP) is 3.39. The van der Waals surface area contributed by atoms with Crippen LogP contribution in [0.3, 0.4) is 0 Å². The number of Topliss-reactive ketones (excluding diaryl/α,β-unsaturated/α-hetero) is 2. The summed E-state index contributed by atoms with van der Waals surface area (Å²) >= 11 is 0. The largest absolute Gasteiger partial charge is 0.497 e. The molecule has 0 atom stereocenters. The highest BCUT2D eigenvalue weighted by Gasteiger charge is 2.13. The number of hydrogen-bond acceptors (Lipinski definition) is 5. The molecule has 2 rings (SSSR count). The summed E-state index contributed by atoms with van der Waals surface area (Å²) in [5.74, 6) is -0.341. The number of carbonyl (C=O) groups excluding carboxylic acids is 3. The minimum Gasteiger partial charge on any atom is -0.497 e. The molecule has 0 radical (unpaired) electrons. The van der Waals surface area contributed by atoms with Crippen LogP contribution in [0.25, 0.3) is 0 Å². The Bertz CT molecular complexity index is 745. The van der Waals surface area contributed by atoms with Gasteiger partial charge >= 0.3 is 5.97 Å². The molecule has 0 saturated heterocycles.